The molecule has 2 fully saturated rings. The molecule has 1 heterocycles. The number of hydrogen-bond donors (Lipinski definition) is 2. The third-order valence-electron chi connectivity index (χ3n) is 4.95. The Bertz CT molecular complexity index is 395. The van der Waals surface area contributed by atoms with Crippen molar-refractivity contribution in [2.24, 2.45) is 17.1 Å². The lowest BCUT2D eigenvalue weighted by Crippen LogP contribution is -2.52. The molecule has 17 heavy (non-hydrogen) atoms. The van der Waals surface area contributed by atoms with Crippen LogP contribution in [0.2, 0.25) is 0 Å². The molecule has 100 valence electrons. The molecule has 1 aliphatic carbocycles. The molecule has 0 aromatic rings. The number of sulfone groups is 1. The Hall–Kier alpha value is -0.130. The fourth-order valence-electron chi connectivity index (χ4n) is 3.63. The van der Waals surface area contributed by atoms with Crippen molar-refractivity contribution in [3.63, 3.8) is 0 Å². The zero-order chi connectivity index (χ0) is 12.7. The van der Waals surface area contributed by atoms with Crippen LogP contribution in [0.3, 0.4) is 0 Å². The first-order chi connectivity index (χ1) is 7.86. The highest BCUT2D eigenvalue weighted by Gasteiger charge is 2.57. The van der Waals surface area contributed by atoms with E-state index in [4.69, 9.17) is 5.73 Å². The van der Waals surface area contributed by atoms with E-state index in [1.165, 1.54) is 0 Å². The first kappa shape index (κ1) is 13.3. The zero-order valence-electron chi connectivity index (χ0n) is 10.5. The van der Waals surface area contributed by atoms with E-state index < -0.39 is 15.4 Å². The summed E-state index contributed by atoms with van der Waals surface area (Å²) >= 11 is 0. The number of nitrogens with two attached hydrogens (primary N) is 1. The molecule has 1 saturated carbocycles. The van der Waals surface area contributed by atoms with Gasteiger partial charge in [0.1, 0.15) is 0 Å². The van der Waals surface area contributed by atoms with E-state index in [0.717, 1.165) is 25.7 Å². The lowest BCUT2D eigenvalue weighted by molar-refractivity contribution is -0.0586. The third kappa shape index (κ3) is 2.13. The van der Waals surface area contributed by atoms with Gasteiger partial charge in [0.25, 0.3) is 0 Å². The maximum atomic E-state index is 11.6. The normalized spacial score (nSPS) is 45.2. The fraction of sp³-hybridized carbons (Fsp3) is 1.00. The highest BCUT2D eigenvalue weighted by molar-refractivity contribution is 7.91. The van der Waals surface area contributed by atoms with Gasteiger partial charge in [-0.05, 0) is 31.6 Å². The summed E-state index contributed by atoms with van der Waals surface area (Å²) in [6, 6.07) is 0. The second-order valence-corrected chi connectivity index (χ2v) is 8.06. The molecule has 0 aromatic carbocycles. The molecule has 3 unspecified atom stereocenters. The molecule has 0 spiro atoms. The zero-order valence-corrected chi connectivity index (χ0v) is 11.3. The summed E-state index contributed by atoms with van der Waals surface area (Å²) in [4.78, 5) is 0. The van der Waals surface area contributed by atoms with Crippen molar-refractivity contribution in [2.75, 3.05) is 18.1 Å². The van der Waals surface area contributed by atoms with Crippen molar-refractivity contribution in [1.29, 1.82) is 0 Å². The summed E-state index contributed by atoms with van der Waals surface area (Å²) in [6.45, 7) is 2.54. The maximum absolute atomic E-state index is 11.6. The molecule has 2 aliphatic rings. The summed E-state index contributed by atoms with van der Waals surface area (Å²) in [7, 11) is -3.07. The molecule has 0 amide bonds. The van der Waals surface area contributed by atoms with Crippen LogP contribution in [0.1, 0.15) is 39.0 Å². The van der Waals surface area contributed by atoms with Crippen molar-refractivity contribution in [2.45, 2.75) is 44.6 Å². The van der Waals surface area contributed by atoms with Gasteiger partial charge in [-0.25, -0.2) is 8.42 Å². The quantitative estimate of drug-likeness (QED) is 0.783. The van der Waals surface area contributed by atoms with Crippen LogP contribution in [0.4, 0.5) is 0 Å². The Balaban J connectivity index is 2.25. The van der Waals surface area contributed by atoms with Crippen molar-refractivity contribution in [1.82, 2.24) is 0 Å². The molecule has 1 saturated heterocycles. The molecule has 0 radical (unpaired) electrons. The highest BCUT2D eigenvalue weighted by atomic mass is 32.2. The second kappa shape index (κ2) is 4.21. The van der Waals surface area contributed by atoms with Crippen LogP contribution in [-0.2, 0) is 9.84 Å². The number of rotatable bonds is 3. The van der Waals surface area contributed by atoms with Crippen LogP contribution in [0.25, 0.3) is 0 Å². The Morgan fingerprint density at radius 1 is 1.41 bits per heavy atom. The smallest absolute Gasteiger partial charge is 0.153 e. The first-order valence-electron chi connectivity index (χ1n) is 6.49. The minimum absolute atomic E-state index is 0.0896. The van der Waals surface area contributed by atoms with E-state index in [1.54, 1.807) is 0 Å². The lowest BCUT2D eigenvalue weighted by atomic mass is 9.69. The van der Waals surface area contributed by atoms with Crippen LogP contribution >= 0.6 is 0 Å². The van der Waals surface area contributed by atoms with Gasteiger partial charge in [0.15, 0.2) is 9.84 Å². The summed E-state index contributed by atoms with van der Waals surface area (Å²) < 4.78 is 23.2. The number of aliphatic hydroxyl groups is 1. The predicted molar refractivity (Wildman–Crippen MR) is 67.3 cm³/mol. The Morgan fingerprint density at radius 2 is 2.12 bits per heavy atom. The van der Waals surface area contributed by atoms with E-state index in [2.05, 4.69) is 6.92 Å². The van der Waals surface area contributed by atoms with Crippen molar-refractivity contribution in [3.05, 3.63) is 0 Å². The van der Waals surface area contributed by atoms with Gasteiger partial charge in [0.2, 0.25) is 0 Å². The van der Waals surface area contributed by atoms with Gasteiger partial charge in [-0.3, -0.25) is 0 Å². The van der Waals surface area contributed by atoms with Gasteiger partial charge < -0.3 is 10.8 Å². The van der Waals surface area contributed by atoms with E-state index in [1.807, 2.05) is 0 Å². The molecule has 5 heteroatoms. The molecular formula is C12H23NO3S. The van der Waals surface area contributed by atoms with E-state index in [-0.39, 0.29) is 16.9 Å². The van der Waals surface area contributed by atoms with Gasteiger partial charge in [-0.1, -0.05) is 13.3 Å². The summed E-state index contributed by atoms with van der Waals surface area (Å²) in [5.41, 5.74) is 4.44. The summed E-state index contributed by atoms with van der Waals surface area (Å²) in [5, 5.41) is 10.7. The Kier molecular flexibility index (Phi) is 3.30. The Labute approximate surface area is 104 Å². The van der Waals surface area contributed by atoms with E-state index in [0.29, 0.717) is 18.9 Å². The molecule has 3 atom stereocenters. The van der Waals surface area contributed by atoms with E-state index >= 15 is 0 Å². The van der Waals surface area contributed by atoms with Gasteiger partial charge >= 0.3 is 0 Å². The minimum Gasteiger partial charge on any atom is -0.388 e. The van der Waals surface area contributed by atoms with Gasteiger partial charge in [-0.15, -0.1) is 0 Å². The average molecular weight is 261 g/mol. The van der Waals surface area contributed by atoms with Gasteiger partial charge in [0, 0.05) is 12.0 Å². The third-order valence-corrected chi connectivity index (χ3v) is 6.69. The molecule has 2 rings (SSSR count). The standard InChI is InChI=1S/C12H23NO3S/c1-2-10-3-4-11(7-10,8-13)12(14)5-6-17(15,16)9-12/h10,14H,2-9,13H2,1H3. The van der Waals surface area contributed by atoms with E-state index in [9.17, 15) is 13.5 Å². The van der Waals surface area contributed by atoms with Crippen LogP contribution < -0.4 is 5.73 Å². The van der Waals surface area contributed by atoms with Crippen LogP contribution in [-0.4, -0.2) is 37.2 Å². The predicted octanol–water partition coefficient (Wildman–Crippen LogP) is 0.691. The van der Waals surface area contributed by atoms with Gasteiger partial charge in [-0.2, -0.15) is 0 Å². The number of hydrogen-bond acceptors (Lipinski definition) is 4. The monoisotopic (exact) mass is 261 g/mol. The molecule has 0 bridgehead atoms. The highest BCUT2D eigenvalue weighted by Crippen LogP contribution is 2.52. The van der Waals surface area contributed by atoms with Crippen molar-refractivity contribution < 1.29 is 13.5 Å². The fourth-order valence-corrected chi connectivity index (χ4v) is 5.61. The van der Waals surface area contributed by atoms with Crippen LogP contribution in [0, 0.1) is 11.3 Å². The molecular weight excluding hydrogens is 238 g/mol. The molecule has 4 nitrogen and oxygen atoms in total. The van der Waals surface area contributed by atoms with Crippen molar-refractivity contribution >= 4 is 9.84 Å². The lowest BCUT2D eigenvalue weighted by Gasteiger charge is -2.41. The van der Waals surface area contributed by atoms with Gasteiger partial charge in [0.05, 0.1) is 17.1 Å². The molecule has 0 aromatic heterocycles. The summed E-state index contributed by atoms with van der Waals surface area (Å²) in [6.07, 6.45) is 4.27. The molecule has 1 aliphatic heterocycles. The molecule has 3 N–H and O–H groups in total. The van der Waals surface area contributed by atoms with Crippen LogP contribution in [0.5, 0.6) is 0 Å². The second-order valence-electron chi connectivity index (χ2n) is 5.88. The Morgan fingerprint density at radius 3 is 2.53 bits per heavy atom. The topological polar surface area (TPSA) is 80.4 Å². The SMILES string of the molecule is CCC1CCC(CN)(C2(O)CCS(=O)(=O)C2)C1. The first-order valence-corrected chi connectivity index (χ1v) is 8.31. The summed E-state index contributed by atoms with van der Waals surface area (Å²) in [5.74, 6) is 0.612. The average Bonchev–Trinajstić information content (AvgIpc) is 2.82. The van der Waals surface area contributed by atoms with Crippen molar-refractivity contribution in [3.8, 4) is 0 Å². The largest absolute Gasteiger partial charge is 0.388 e. The van der Waals surface area contributed by atoms with Crippen LogP contribution in [0.15, 0.2) is 0 Å². The minimum atomic E-state index is -3.07. The maximum Gasteiger partial charge on any atom is 0.153 e.